The molecule has 0 aliphatic rings. The van der Waals surface area contributed by atoms with Gasteiger partial charge in [-0.15, -0.1) is 0 Å². The van der Waals surface area contributed by atoms with Gasteiger partial charge >= 0.3 is 0 Å². The van der Waals surface area contributed by atoms with Crippen molar-refractivity contribution < 1.29 is 18.4 Å². The number of carbonyl (C=O) groups is 2. The molecule has 0 aliphatic heterocycles. The van der Waals surface area contributed by atoms with Gasteiger partial charge in [0.1, 0.15) is 11.6 Å². The molecule has 0 N–H and O–H groups in total. The molecule has 23 heavy (non-hydrogen) atoms. The lowest BCUT2D eigenvalue weighted by molar-refractivity contribution is 0.0983. The SMILES string of the molecule is CC(Br)C(=O)c1ccc(F)cc1.CCC(=O)c1ccc(F)cc1. The number of halogens is 3. The maximum atomic E-state index is 12.4. The largest absolute Gasteiger partial charge is 0.294 e. The van der Waals surface area contributed by atoms with Gasteiger partial charge < -0.3 is 0 Å². The van der Waals surface area contributed by atoms with Crippen molar-refractivity contribution in [3.8, 4) is 0 Å². The Labute approximate surface area is 142 Å². The second kappa shape index (κ2) is 9.30. The second-order valence-electron chi connectivity index (χ2n) is 4.77. The molecule has 0 heterocycles. The summed E-state index contributed by atoms with van der Waals surface area (Å²) in [4.78, 5) is 22.1. The van der Waals surface area contributed by atoms with Crippen molar-refractivity contribution in [1.82, 2.24) is 0 Å². The Bertz CT molecular complexity index is 650. The first kappa shape index (κ1) is 19.2. The number of hydrogen-bond acceptors (Lipinski definition) is 2. The van der Waals surface area contributed by atoms with Crippen LogP contribution in [0.3, 0.4) is 0 Å². The Balaban J connectivity index is 0.000000231. The van der Waals surface area contributed by atoms with E-state index in [1.807, 2.05) is 0 Å². The molecule has 5 heteroatoms. The minimum atomic E-state index is -0.325. The third-order valence-electron chi connectivity index (χ3n) is 2.98. The molecule has 0 spiro atoms. The minimum Gasteiger partial charge on any atom is -0.294 e. The number of Topliss-reactive ketones (excluding diaryl/α,β-unsaturated/α-hetero) is 2. The molecular weight excluding hydrogens is 366 g/mol. The summed E-state index contributed by atoms with van der Waals surface area (Å²) in [6.45, 7) is 3.53. The predicted molar refractivity (Wildman–Crippen MR) is 90.1 cm³/mol. The zero-order chi connectivity index (χ0) is 17.4. The molecule has 2 nitrogen and oxygen atoms in total. The van der Waals surface area contributed by atoms with E-state index in [4.69, 9.17) is 0 Å². The van der Waals surface area contributed by atoms with Crippen LogP contribution in [-0.4, -0.2) is 16.4 Å². The summed E-state index contributed by atoms with van der Waals surface area (Å²) in [5.41, 5.74) is 1.11. The molecule has 0 bridgehead atoms. The fourth-order valence-corrected chi connectivity index (χ4v) is 1.95. The van der Waals surface area contributed by atoms with E-state index in [0.717, 1.165) is 0 Å². The molecule has 122 valence electrons. The highest BCUT2D eigenvalue weighted by molar-refractivity contribution is 9.10. The monoisotopic (exact) mass is 382 g/mol. The first-order valence-corrected chi connectivity index (χ1v) is 7.99. The average molecular weight is 383 g/mol. The molecule has 0 saturated heterocycles. The van der Waals surface area contributed by atoms with E-state index in [9.17, 15) is 18.4 Å². The van der Waals surface area contributed by atoms with E-state index < -0.39 is 0 Å². The Morgan fingerprint density at radius 1 is 0.913 bits per heavy atom. The van der Waals surface area contributed by atoms with E-state index in [2.05, 4.69) is 15.9 Å². The molecule has 2 aromatic carbocycles. The van der Waals surface area contributed by atoms with Crippen LogP contribution in [-0.2, 0) is 0 Å². The first-order chi connectivity index (χ1) is 10.8. The molecule has 0 fully saturated rings. The number of alkyl halides is 1. The smallest absolute Gasteiger partial charge is 0.176 e. The molecule has 0 radical (unpaired) electrons. The van der Waals surface area contributed by atoms with Crippen LogP contribution in [0.1, 0.15) is 41.0 Å². The van der Waals surface area contributed by atoms with Gasteiger partial charge in [-0.05, 0) is 55.5 Å². The normalized spacial score (nSPS) is 11.2. The van der Waals surface area contributed by atoms with Crippen molar-refractivity contribution in [3.63, 3.8) is 0 Å². The van der Waals surface area contributed by atoms with E-state index in [0.29, 0.717) is 17.5 Å². The quantitative estimate of drug-likeness (QED) is 0.537. The summed E-state index contributed by atoms with van der Waals surface area (Å²) in [6, 6.07) is 11.1. The summed E-state index contributed by atoms with van der Waals surface area (Å²) in [6.07, 6.45) is 0.464. The summed E-state index contributed by atoms with van der Waals surface area (Å²) in [7, 11) is 0. The van der Waals surface area contributed by atoms with Crippen molar-refractivity contribution in [2.45, 2.75) is 25.1 Å². The van der Waals surface area contributed by atoms with Gasteiger partial charge in [0.25, 0.3) is 0 Å². The van der Waals surface area contributed by atoms with Crippen LogP contribution < -0.4 is 0 Å². The molecular formula is C18H17BrF2O2. The van der Waals surface area contributed by atoms with Crippen LogP contribution in [0.25, 0.3) is 0 Å². The molecule has 0 aliphatic carbocycles. The number of carbonyl (C=O) groups excluding carboxylic acids is 2. The fraction of sp³-hybridized carbons (Fsp3) is 0.222. The number of rotatable bonds is 4. The minimum absolute atomic E-state index is 0.0324. The third-order valence-corrected chi connectivity index (χ3v) is 3.39. The molecule has 0 amide bonds. The van der Waals surface area contributed by atoms with Crippen molar-refractivity contribution in [2.24, 2.45) is 0 Å². The Morgan fingerprint density at radius 3 is 1.65 bits per heavy atom. The summed E-state index contributed by atoms with van der Waals surface area (Å²) < 4.78 is 24.8. The van der Waals surface area contributed by atoms with Crippen molar-refractivity contribution in [3.05, 3.63) is 71.3 Å². The van der Waals surface area contributed by atoms with Crippen LogP contribution in [0.5, 0.6) is 0 Å². The van der Waals surface area contributed by atoms with Gasteiger partial charge in [-0.25, -0.2) is 8.78 Å². The third kappa shape index (κ3) is 6.40. The van der Waals surface area contributed by atoms with Gasteiger partial charge in [0.2, 0.25) is 0 Å². The number of benzene rings is 2. The zero-order valence-electron chi connectivity index (χ0n) is 12.9. The number of hydrogen-bond donors (Lipinski definition) is 0. The summed E-state index contributed by atoms with van der Waals surface area (Å²) in [5.74, 6) is -0.619. The van der Waals surface area contributed by atoms with Gasteiger partial charge in [-0.3, -0.25) is 9.59 Å². The molecule has 1 atom stereocenters. The molecule has 0 aromatic heterocycles. The van der Waals surface area contributed by atoms with Crippen molar-refractivity contribution in [1.29, 1.82) is 0 Å². The van der Waals surface area contributed by atoms with E-state index in [1.54, 1.807) is 13.8 Å². The summed E-state index contributed by atoms with van der Waals surface area (Å²) in [5, 5.41) is 0. The van der Waals surface area contributed by atoms with Crippen molar-refractivity contribution in [2.75, 3.05) is 0 Å². The van der Waals surface area contributed by atoms with Gasteiger partial charge in [0.15, 0.2) is 11.6 Å². The fourth-order valence-electron chi connectivity index (χ4n) is 1.68. The highest BCUT2D eigenvalue weighted by Gasteiger charge is 2.10. The predicted octanol–water partition coefficient (Wildman–Crippen LogP) is 5.21. The summed E-state index contributed by atoms with van der Waals surface area (Å²) >= 11 is 3.15. The number of ketones is 2. The Morgan fingerprint density at radius 2 is 1.30 bits per heavy atom. The van der Waals surface area contributed by atoms with Crippen LogP contribution in [0.15, 0.2) is 48.5 Å². The van der Waals surface area contributed by atoms with Crippen LogP contribution in [0, 0.1) is 11.6 Å². The first-order valence-electron chi connectivity index (χ1n) is 7.07. The highest BCUT2D eigenvalue weighted by atomic mass is 79.9. The van der Waals surface area contributed by atoms with Gasteiger partial charge in [0, 0.05) is 17.5 Å². The van der Waals surface area contributed by atoms with E-state index in [1.165, 1.54) is 48.5 Å². The molecule has 0 saturated carbocycles. The van der Waals surface area contributed by atoms with Gasteiger partial charge in [-0.1, -0.05) is 22.9 Å². The maximum absolute atomic E-state index is 12.4. The lowest BCUT2D eigenvalue weighted by atomic mass is 10.1. The standard InChI is InChI=1S/C9H8BrFO.C9H9FO/c1-6(10)9(12)7-2-4-8(11)5-3-7;1-2-9(11)7-3-5-8(10)6-4-7/h2-6H,1H3;3-6H,2H2,1H3. The topological polar surface area (TPSA) is 34.1 Å². The maximum Gasteiger partial charge on any atom is 0.176 e. The Kier molecular flexibility index (Phi) is 7.75. The van der Waals surface area contributed by atoms with Gasteiger partial charge in [-0.2, -0.15) is 0 Å². The highest BCUT2D eigenvalue weighted by Crippen LogP contribution is 2.10. The molecule has 2 aromatic rings. The van der Waals surface area contributed by atoms with E-state index in [-0.39, 0.29) is 28.0 Å². The zero-order valence-corrected chi connectivity index (χ0v) is 14.4. The van der Waals surface area contributed by atoms with Crippen LogP contribution >= 0.6 is 15.9 Å². The molecule has 2 rings (SSSR count). The van der Waals surface area contributed by atoms with Crippen LogP contribution in [0.4, 0.5) is 8.78 Å². The van der Waals surface area contributed by atoms with Gasteiger partial charge in [0.05, 0.1) is 4.83 Å². The Hall–Kier alpha value is -1.88. The second-order valence-corrected chi connectivity index (χ2v) is 6.14. The van der Waals surface area contributed by atoms with Crippen molar-refractivity contribution >= 4 is 27.5 Å². The average Bonchev–Trinajstić information content (AvgIpc) is 2.55. The lowest BCUT2D eigenvalue weighted by Gasteiger charge is -2.01. The van der Waals surface area contributed by atoms with E-state index >= 15 is 0 Å². The lowest BCUT2D eigenvalue weighted by Crippen LogP contribution is -2.09. The molecule has 1 unspecified atom stereocenters. The van der Waals surface area contributed by atoms with Crippen LogP contribution in [0.2, 0.25) is 0 Å².